The van der Waals surface area contributed by atoms with Crippen molar-refractivity contribution in [2.75, 3.05) is 47.2 Å². The Morgan fingerprint density at radius 2 is 1.33 bits per heavy atom. The SMILES string of the molecule is C.C.C=CCCl.CCC1C[N+](C)(C)CC1CC.CNC.[Cl-]. The monoisotopic (exact) mass is 344 g/mol. The van der Waals surface area contributed by atoms with Gasteiger partial charge in [0.2, 0.25) is 0 Å². The maximum Gasteiger partial charge on any atom is 0.0815 e. The van der Waals surface area contributed by atoms with Crippen molar-refractivity contribution in [3.05, 3.63) is 12.7 Å². The topological polar surface area (TPSA) is 12.0 Å². The van der Waals surface area contributed by atoms with Gasteiger partial charge in [-0.2, -0.15) is 0 Å². The quantitative estimate of drug-likeness (QED) is 0.466. The second-order valence-electron chi connectivity index (χ2n) is 5.58. The first-order chi connectivity index (χ1) is 8.42. The maximum atomic E-state index is 5.07. The molecule has 1 rings (SSSR count). The first-order valence-electron chi connectivity index (χ1n) is 6.99. The summed E-state index contributed by atoms with van der Waals surface area (Å²) in [5.41, 5.74) is 0. The molecule has 0 radical (unpaired) electrons. The molecule has 2 atom stereocenters. The zero-order chi connectivity index (χ0) is 14.6. The van der Waals surface area contributed by atoms with E-state index in [1.54, 1.807) is 6.08 Å². The summed E-state index contributed by atoms with van der Waals surface area (Å²) < 4.78 is 1.25. The number of quaternary nitrogens is 1. The molecule has 0 spiro atoms. The van der Waals surface area contributed by atoms with Gasteiger partial charge in [-0.25, -0.2) is 0 Å². The van der Waals surface area contributed by atoms with E-state index in [4.69, 9.17) is 11.6 Å². The molecule has 1 heterocycles. The summed E-state index contributed by atoms with van der Waals surface area (Å²) in [6, 6.07) is 0. The van der Waals surface area contributed by atoms with E-state index in [-0.39, 0.29) is 27.3 Å². The van der Waals surface area contributed by atoms with Crippen LogP contribution in [0.4, 0.5) is 0 Å². The van der Waals surface area contributed by atoms with E-state index in [9.17, 15) is 0 Å². The second kappa shape index (κ2) is 20.2. The number of rotatable bonds is 3. The maximum absolute atomic E-state index is 5.07. The molecule has 1 aliphatic rings. The molecule has 0 aromatic heterocycles. The van der Waals surface area contributed by atoms with Gasteiger partial charge in [0.15, 0.2) is 0 Å². The van der Waals surface area contributed by atoms with Crippen LogP contribution >= 0.6 is 11.6 Å². The van der Waals surface area contributed by atoms with E-state index in [0.717, 1.165) is 11.8 Å². The fourth-order valence-electron chi connectivity index (χ4n) is 2.57. The molecule has 0 amide bonds. The average molecular weight is 345 g/mol. The molecular weight excluding hydrogens is 303 g/mol. The van der Waals surface area contributed by atoms with Crippen LogP contribution in [0.2, 0.25) is 0 Å². The number of nitrogens with zero attached hydrogens (tertiary/aromatic N) is 1. The van der Waals surface area contributed by atoms with Gasteiger partial charge < -0.3 is 22.2 Å². The Hall–Kier alpha value is 0.240. The van der Waals surface area contributed by atoms with Gasteiger partial charge in [0.25, 0.3) is 0 Å². The minimum Gasteiger partial charge on any atom is -1.00 e. The predicted octanol–water partition coefficient (Wildman–Crippen LogP) is 1.65. The van der Waals surface area contributed by atoms with Gasteiger partial charge >= 0.3 is 0 Å². The lowest BCUT2D eigenvalue weighted by atomic mass is 9.92. The van der Waals surface area contributed by atoms with Gasteiger partial charge in [0, 0.05) is 17.7 Å². The van der Waals surface area contributed by atoms with Crippen LogP contribution in [0.1, 0.15) is 41.5 Å². The highest BCUT2D eigenvalue weighted by Crippen LogP contribution is 2.30. The van der Waals surface area contributed by atoms with E-state index in [2.05, 4.69) is 39.8 Å². The van der Waals surface area contributed by atoms with Gasteiger partial charge in [-0.15, -0.1) is 18.2 Å². The van der Waals surface area contributed by atoms with E-state index < -0.39 is 0 Å². The lowest BCUT2D eigenvalue weighted by molar-refractivity contribution is -0.880. The molecule has 1 N–H and O–H groups in total. The van der Waals surface area contributed by atoms with E-state index >= 15 is 0 Å². The van der Waals surface area contributed by atoms with E-state index in [1.807, 2.05) is 14.1 Å². The highest BCUT2D eigenvalue weighted by molar-refractivity contribution is 6.18. The van der Waals surface area contributed by atoms with E-state index in [0.29, 0.717) is 5.88 Å². The van der Waals surface area contributed by atoms with Gasteiger partial charge in [-0.3, -0.25) is 0 Å². The molecule has 2 unspecified atom stereocenters. The summed E-state index contributed by atoms with van der Waals surface area (Å²) in [7, 11) is 8.47. The molecule has 0 aromatic carbocycles. The van der Waals surface area contributed by atoms with Crippen molar-refractivity contribution in [2.45, 2.75) is 41.5 Å². The van der Waals surface area contributed by atoms with E-state index in [1.165, 1.54) is 30.4 Å². The van der Waals surface area contributed by atoms with Crippen LogP contribution in [0.25, 0.3) is 0 Å². The molecule has 0 saturated carbocycles. The highest BCUT2D eigenvalue weighted by Gasteiger charge is 2.37. The Balaban J connectivity index is -0.0000000740. The summed E-state index contributed by atoms with van der Waals surface area (Å²) in [6.07, 6.45) is 4.39. The van der Waals surface area contributed by atoms with Crippen molar-refractivity contribution in [3.8, 4) is 0 Å². The fourth-order valence-corrected chi connectivity index (χ4v) is 2.57. The zero-order valence-corrected chi connectivity index (χ0v) is 15.2. The van der Waals surface area contributed by atoms with Crippen LogP contribution in [-0.4, -0.2) is 51.6 Å². The molecule has 1 aliphatic heterocycles. The lowest BCUT2D eigenvalue weighted by Gasteiger charge is -2.23. The smallest absolute Gasteiger partial charge is 0.0815 e. The van der Waals surface area contributed by atoms with Gasteiger partial charge in [0.05, 0.1) is 27.2 Å². The van der Waals surface area contributed by atoms with Crippen LogP contribution in [0, 0.1) is 11.8 Å². The summed E-state index contributed by atoms with van der Waals surface area (Å²) in [5.74, 6) is 2.55. The largest absolute Gasteiger partial charge is 1.00 e. The van der Waals surface area contributed by atoms with Crippen LogP contribution in [-0.2, 0) is 0 Å². The number of nitrogens with one attached hydrogen (secondary N) is 1. The summed E-state index contributed by atoms with van der Waals surface area (Å²) >= 11 is 5.07. The lowest BCUT2D eigenvalue weighted by Crippen LogP contribution is -3.00. The third kappa shape index (κ3) is 18.2. The Labute approximate surface area is 147 Å². The normalized spacial score (nSPS) is 20.9. The van der Waals surface area contributed by atoms with Crippen molar-refractivity contribution in [2.24, 2.45) is 11.8 Å². The molecular formula is C17H42Cl2N2. The van der Waals surface area contributed by atoms with Crippen molar-refractivity contribution < 1.29 is 16.9 Å². The molecule has 4 heteroatoms. The number of hydrogen-bond donors (Lipinski definition) is 1. The minimum atomic E-state index is 0. The second-order valence-corrected chi connectivity index (χ2v) is 5.89. The van der Waals surface area contributed by atoms with Crippen molar-refractivity contribution in [3.63, 3.8) is 0 Å². The molecule has 0 aromatic rings. The summed E-state index contributed by atoms with van der Waals surface area (Å²) in [5, 5.41) is 2.75. The van der Waals surface area contributed by atoms with Crippen LogP contribution in [0.3, 0.4) is 0 Å². The molecule has 2 nitrogen and oxygen atoms in total. The Morgan fingerprint density at radius 1 is 1.10 bits per heavy atom. The van der Waals surface area contributed by atoms with Crippen molar-refractivity contribution in [1.29, 1.82) is 0 Å². The number of alkyl halides is 1. The van der Waals surface area contributed by atoms with Crippen molar-refractivity contribution in [1.82, 2.24) is 5.32 Å². The number of allylic oxidation sites excluding steroid dienone is 1. The molecule has 0 aliphatic carbocycles. The molecule has 134 valence electrons. The fraction of sp³-hybridized carbons (Fsp3) is 0.882. The van der Waals surface area contributed by atoms with Crippen LogP contribution in [0.15, 0.2) is 12.7 Å². The van der Waals surface area contributed by atoms with Gasteiger partial charge in [-0.05, 0) is 26.9 Å². The third-order valence-corrected chi connectivity index (χ3v) is 3.50. The minimum absolute atomic E-state index is 0. The standard InChI is InChI=1S/C10H22N.C3H5Cl.C2H7N.2CH4.ClH/c1-5-9-7-11(3,4)8-10(9)6-2;1-2-3-4;1-3-2;;;/h9-10H,5-8H2,1-4H3;2H,1,3H2;3H,1-2H3;2*1H4;1H/q+1;;;;;/p-1. The Kier molecular flexibility index (Phi) is 31.8. The predicted molar refractivity (Wildman–Crippen MR) is 98.8 cm³/mol. The van der Waals surface area contributed by atoms with Gasteiger partial charge in [-0.1, -0.05) is 34.8 Å². The molecule has 1 saturated heterocycles. The Morgan fingerprint density at radius 3 is 1.48 bits per heavy atom. The number of likely N-dealkylation sites (tertiary alicyclic amines) is 1. The molecule has 0 bridgehead atoms. The Bertz CT molecular complexity index is 183. The number of halogens is 2. The number of hydrogen-bond acceptors (Lipinski definition) is 1. The molecule has 1 fully saturated rings. The van der Waals surface area contributed by atoms with Crippen LogP contribution < -0.4 is 17.7 Å². The first-order valence-corrected chi connectivity index (χ1v) is 7.53. The van der Waals surface area contributed by atoms with Crippen molar-refractivity contribution >= 4 is 11.6 Å². The zero-order valence-electron chi connectivity index (χ0n) is 13.7. The van der Waals surface area contributed by atoms with Gasteiger partial charge in [0.1, 0.15) is 0 Å². The first kappa shape index (κ1) is 33.0. The van der Waals surface area contributed by atoms with Crippen LogP contribution in [0.5, 0.6) is 0 Å². The molecule has 21 heavy (non-hydrogen) atoms. The summed E-state index contributed by atoms with van der Waals surface area (Å²) in [6.45, 7) is 10.8. The average Bonchev–Trinajstić information content (AvgIpc) is 2.65. The highest BCUT2D eigenvalue weighted by atomic mass is 35.5. The summed E-state index contributed by atoms with van der Waals surface area (Å²) in [4.78, 5) is 0. The third-order valence-electron chi connectivity index (χ3n) is 3.28.